The minimum atomic E-state index is 0.627. The summed E-state index contributed by atoms with van der Waals surface area (Å²) in [5.74, 6) is 1.90. The summed E-state index contributed by atoms with van der Waals surface area (Å²) < 4.78 is 2.51. The molecular weight excluding hydrogens is 717 g/mol. The molecule has 4 nitrogen and oxygen atoms in total. The Kier molecular flexibility index (Phi) is 7.50. The van der Waals surface area contributed by atoms with Crippen LogP contribution in [0, 0.1) is 0 Å². The molecule has 59 heavy (non-hydrogen) atoms. The van der Waals surface area contributed by atoms with Gasteiger partial charge in [-0.15, -0.1) is 0 Å². The molecule has 0 saturated heterocycles. The van der Waals surface area contributed by atoms with E-state index in [0.717, 1.165) is 55.3 Å². The Bertz CT molecular complexity index is 3550. The van der Waals surface area contributed by atoms with E-state index >= 15 is 0 Å². The van der Waals surface area contributed by atoms with Crippen molar-refractivity contribution in [2.75, 3.05) is 0 Å². The molecule has 0 spiro atoms. The van der Waals surface area contributed by atoms with E-state index in [1.807, 2.05) is 36.4 Å². The van der Waals surface area contributed by atoms with Gasteiger partial charge in [0.2, 0.25) is 0 Å². The summed E-state index contributed by atoms with van der Waals surface area (Å²) in [6, 6.07) is 73.6. The molecule has 12 aromatic rings. The summed E-state index contributed by atoms with van der Waals surface area (Å²) in [5.41, 5.74) is 8.46. The average molecular weight is 751 g/mol. The minimum absolute atomic E-state index is 0.627. The molecule has 0 atom stereocenters. The molecule has 2 aromatic heterocycles. The Hall–Kier alpha value is -7.95. The second-order valence-electron chi connectivity index (χ2n) is 15.2. The van der Waals surface area contributed by atoms with E-state index in [0.29, 0.717) is 17.5 Å². The van der Waals surface area contributed by atoms with E-state index < -0.39 is 0 Å². The van der Waals surface area contributed by atoms with Crippen LogP contribution in [-0.4, -0.2) is 19.5 Å². The second kappa shape index (κ2) is 13.3. The lowest BCUT2D eigenvalue weighted by atomic mass is 9.92. The zero-order valence-corrected chi connectivity index (χ0v) is 31.9. The van der Waals surface area contributed by atoms with E-state index in [9.17, 15) is 0 Å². The van der Waals surface area contributed by atoms with Crippen molar-refractivity contribution in [3.63, 3.8) is 0 Å². The lowest BCUT2D eigenvalue weighted by molar-refractivity contribution is 1.08. The van der Waals surface area contributed by atoms with Gasteiger partial charge in [0.1, 0.15) is 0 Å². The van der Waals surface area contributed by atoms with Crippen LogP contribution >= 0.6 is 0 Å². The molecule has 4 heteroatoms. The standard InChI is InChI=1S/C55H34N4/c1-3-17-37(18-4-1)53-56-54(38-19-5-2-6-20-38)58-55(57-53)47-34-46(42-28-27-35-15-7-8-21-39(35)31-42)52(45-26-14-13-25-44(45)47)59-49-30-29-36-16-11-12-24-43(36)51(49)48-32-40-22-9-10-23-41(40)33-50(48)59/h1-34H. The molecule has 0 bridgehead atoms. The first-order valence-corrected chi connectivity index (χ1v) is 20.0. The van der Waals surface area contributed by atoms with Crippen LogP contribution in [0.15, 0.2) is 206 Å². The fourth-order valence-corrected chi connectivity index (χ4v) is 9.01. The molecule has 0 fully saturated rings. The summed E-state index contributed by atoms with van der Waals surface area (Å²) >= 11 is 0. The molecule has 12 rings (SSSR count). The summed E-state index contributed by atoms with van der Waals surface area (Å²) in [4.78, 5) is 15.6. The Morgan fingerprint density at radius 3 is 1.51 bits per heavy atom. The van der Waals surface area contributed by atoms with Gasteiger partial charge in [0.25, 0.3) is 0 Å². The van der Waals surface area contributed by atoms with Crippen molar-refractivity contribution in [2.24, 2.45) is 0 Å². The number of aromatic nitrogens is 4. The Morgan fingerprint density at radius 2 is 0.814 bits per heavy atom. The fourth-order valence-electron chi connectivity index (χ4n) is 9.01. The Morgan fingerprint density at radius 1 is 0.288 bits per heavy atom. The molecule has 0 saturated carbocycles. The highest BCUT2D eigenvalue weighted by atomic mass is 15.0. The summed E-state index contributed by atoms with van der Waals surface area (Å²) in [7, 11) is 0. The number of hydrogen-bond donors (Lipinski definition) is 0. The number of fused-ring (bicyclic) bond motifs is 8. The van der Waals surface area contributed by atoms with Gasteiger partial charge in [-0.1, -0.05) is 176 Å². The van der Waals surface area contributed by atoms with Gasteiger partial charge in [0.05, 0.1) is 16.7 Å². The fraction of sp³-hybridized carbons (Fsp3) is 0. The Balaban J connectivity index is 1.24. The molecule has 0 aliphatic heterocycles. The van der Waals surface area contributed by atoms with Crippen molar-refractivity contribution in [3.05, 3.63) is 206 Å². The minimum Gasteiger partial charge on any atom is -0.308 e. The molecular formula is C55H34N4. The SMILES string of the molecule is c1ccc(-c2nc(-c3ccccc3)nc(-c3cc(-c4ccc5ccccc5c4)c(-n4c5cc6ccccc6cc5c5c6ccccc6ccc54)c4ccccc34)n2)cc1. The summed E-state index contributed by atoms with van der Waals surface area (Å²) in [6.07, 6.45) is 0. The van der Waals surface area contributed by atoms with Crippen LogP contribution < -0.4 is 0 Å². The molecule has 10 aromatic carbocycles. The smallest absolute Gasteiger partial charge is 0.164 e. The number of benzene rings is 10. The molecule has 0 aliphatic rings. The van der Waals surface area contributed by atoms with Crippen molar-refractivity contribution >= 4 is 64.9 Å². The van der Waals surface area contributed by atoms with Crippen LogP contribution in [-0.2, 0) is 0 Å². The third-order valence-electron chi connectivity index (χ3n) is 11.8. The van der Waals surface area contributed by atoms with Gasteiger partial charge in [0.15, 0.2) is 17.5 Å². The Labute approximate surface area is 340 Å². The quantitative estimate of drug-likeness (QED) is 0.176. The first-order valence-electron chi connectivity index (χ1n) is 20.0. The van der Waals surface area contributed by atoms with Crippen LogP contribution in [0.3, 0.4) is 0 Å². The zero-order chi connectivity index (χ0) is 38.9. The third kappa shape index (κ3) is 5.42. The maximum absolute atomic E-state index is 5.27. The second-order valence-corrected chi connectivity index (χ2v) is 15.2. The van der Waals surface area contributed by atoms with Gasteiger partial charge < -0.3 is 4.57 Å². The lowest BCUT2D eigenvalue weighted by Gasteiger charge is -2.20. The van der Waals surface area contributed by atoms with E-state index in [2.05, 4.69) is 174 Å². The van der Waals surface area contributed by atoms with Gasteiger partial charge in [-0.25, -0.2) is 15.0 Å². The molecule has 0 unspecified atom stereocenters. The van der Waals surface area contributed by atoms with E-state index in [4.69, 9.17) is 15.0 Å². The maximum atomic E-state index is 5.27. The molecule has 0 N–H and O–H groups in total. The number of rotatable bonds is 5. The van der Waals surface area contributed by atoms with Crippen molar-refractivity contribution in [2.45, 2.75) is 0 Å². The van der Waals surface area contributed by atoms with E-state index in [1.54, 1.807) is 0 Å². The van der Waals surface area contributed by atoms with E-state index in [-0.39, 0.29) is 0 Å². The molecule has 0 amide bonds. The van der Waals surface area contributed by atoms with Crippen molar-refractivity contribution in [3.8, 4) is 51.0 Å². The highest BCUT2D eigenvalue weighted by Gasteiger charge is 2.24. The molecule has 0 radical (unpaired) electrons. The van der Waals surface area contributed by atoms with Crippen molar-refractivity contribution in [1.29, 1.82) is 0 Å². The van der Waals surface area contributed by atoms with Crippen molar-refractivity contribution < 1.29 is 0 Å². The van der Waals surface area contributed by atoms with E-state index in [1.165, 1.54) is 43.1 Å². The molecule has 0 aliphatic carbocycles. The number of hydrogen-bond acceptors (Lipinski definition) is 3. The van der Waals surface area contributed by atoms with Gasteiger partial charge >= 0.3 is 0 Å². The highest BCUT2D eigenvalue weighted by molar-refractivity contribution is 6.24. The first-order chi connectivity index (χ1) is 29.2. The predicted octanol–water partition coefficient (Wildman–Crippen LogP) is 14.2. The van der Waals surface area contributed by atoms with Gasteiger partial charge in [-0.3, -0.25) is 0 Å². The maximum Gasteiger partial charge on any atom is 0.164 e. The largest absolute Gasteiger partial charge is 0.308 e. The lowest BCUT2D eigenvalue weighted by Crippen LogP contribution is -2.03. The monoisotopic (exact) mass is 750 g/mol. The third-order valence-corrected chi connectivity index (χ3v) is 11.8. The van der Waals surface area contributed by atoms with Gasteiger partial charge in [-0.05, 0) is 73.6 Å². The molecule has 2 heterocycles. The normalized spacial score (nSPS) is 11.7. The van der Waals surface area contributed by atoms with Crippen LogP contribution in [0.25, 0.3) is 116 Å². The van der Waals surface area contributed by atoms with Crippen LogP contribution in [0.1, 0.15) is 0 Å². The van der Waals surface area contributed by atoms with Gasteiger partial charge in [0, 0.05) is 38.4 Å². The average Bonchev–Trinajstić information content (AvgIpc) is 3.63. The number of nitrogens with zero attached hydrogens (tertiary/aromatic N) is 4. The van der Waals surface area contributed by atoms with Gasteiger partial charge in [-0.2, -0.15) is 0 Å². The van der Waals surface area contributed by atoms with Crippen LogP contribution in [0.2, 0.25) is 0 Å². The molecule has 274 valence electrons. The van der Waals surface area contributed by atoms with Crippen molar-refractivity contribution in [1.82, 2.24) is 19.5 Å². The topological polar surface area (TPSA) is 43.6 Å². The summed E-state index contributed by atoms with van der Waals surface area (Å²) in [6.45, 7) is 0. The first kappa shape index (κ1) is 33.2. The zero-order valence-electron chi connectivity index (χ0n) is 31.9. The van der Waals surface area contributed by atoms with Crippen LogP contribution in [0.4, 0.5) is 0 Å². The predicted molar refractivity (Wildman–Crippen MR) is 246 cm³/mol. The van der Waals surface area contributed by atoms with Crippen LogP contribution in [0.5, 0.6) is 0 Å². The highest BCUT2D eigenvalue weighted by Crippen LogP contribution is 2.46. The summed E-state index contributed by atoms with van der Waals surface area (Å²) in [5, 5.41) is 11.9.